The van der Waals surface area contributed by atoms with Gasteiger partial charge in [-0.05, 0) is 36.2 Å². The van der Waals surface area contributed by atoms with Gasteiger partial charge in [-0.3, -0.25) is 0 Å². The molecule has 84 valence electrons. The van der Waals surface area contributed by atoms with E-state index in [2.05, 4.69) is 15.9 Å². The van der Waals surface area contributed by atoms with Crippen molar-refractivity contribution >= 4 is 27.9 Å². The molecule has 0 aromatic heterocycles. The van der Waals surface area contributed by atoms with Crippen LogP contribution in [0.1, 0.15) is 0 Å². The highest BCUT2D eigenvalue weighted by Gasteiger charge is 2.05. The molecule has 1 aromatic carbocycles. The Labute approximate surface area is 102 Å². The molecule has 0 aliphatic heterocycles. The monoisotopic (exact) mass is 291 g/mol. The van der Waals surface area contributed by atoms with E-state index in [0.29, 0.717) is 13.1 Å². The molecule has 0 saturated carbocycles. The van der Waals surface area contributed by atoms with E-state index < -0.39 is 0 Å². The molecule has 0 heterocycles. The number of nitrogens with zero attached hydrogens (tertiary/aromatic N) is 1. The fraction of sp³-hybridized carbons (Fsp3) is 0.400. The second-order valence-electron chi connectivity index (χ2n) is 2.92. The number of aliphatic hydroxyl groups is 2. The Kier molecular flexibility index (Phi) is 6.28. The number of hydrogen-bond acceptors (Lipinski definition) is 4. The molecule has 0 fully saturated rings. The molecule has 1 aromatic rings. The lowest BCUT2D eigenvalue weighted by atomic mass is 10.4. The second kappa shape index (κ2) is 7.24. The summed E-state index contributed by atoms with van der Waals surface area (Å²) in [5, 5.41) is 17.7. The molecular weight excluding hydrogens is 278 g/mol. The van der Waals surface area contributed by atoms with Crippen LogP contribution in [-0.4, -0.2) is 40.8 Å². The topological polar surface area (TPSA) is 43.7 Å². The number of hydrogen-bond donors (Lipinski definition) is 2. The normalized spacial score (nSPS) is 10.9. The molecule has 2 N–H and O–H groups in total. The smallest absolute Gasteiger partial charge is 0.0568 e. The van der Waals surface area contributed by atoms with Crippen LogP contribution in [-0.2, 0) is 0 Å². The lowest BCUT2D eigenvalue weighted by molar-refractivity contribution is 0.226. The van der Waals surface area contributed by atoms with Crippen LogP contribution in [0.5, 0.6) is 0 Å². The molecule has 0 unspecified atom stereocenters. The standard InChI is InChI=1S/C10H14BrNO2S/c11-9-1-3-10(4-2-9)15-12(5-7-13)6-8-14/h1-4,13-14H,5-8H2. The molecule has 0 bridgehead atoms. The van der Waals surface area contributed by atoms with Gasteiger partial charge < -0.3 is 10.2 Å². The Morgan fingerprint density at radius 1 is 1.07 bits per heavy atom. The number of halogens is 1. The zero-order valence-electron chi connectivity index (χ0n) is 8.27. The first-order chi connectivity index (χ1) is 7.26. The Balaban J connectivity index is 2.53. The van der Waals surface area contributed by atoms with Crippen LogP contribution in [0.25, 0.3) is 0 Å². The van der Waals surface area contributed by atoms with Gasteiger partial charge in [0, 0.05) is 22.5 Å². The first-order valence-corrected chi connectivity index (χ1v) is 6.23. The highest BCUT2D eigenvalue weighted by atomic mass is 79.9. The summed E-state index contributed by atoms with van der Waals surface area (Å²) in [5.74, 6) is 0. The molecule has 0 radical (unpaired) electrons. The molecule has 0 atom stereocenters. The van der Waals surface area contributed by atoms with Crippen LogP contribution in [0.3, 0.4) is 0 Å². The number of rotatable bonds is 6. The molecule has 0 aliphatic carbocycles. The predicted molar refractivity (Wildman–Crippen MR) is 65.7 cm³/mol. The van der Waals surface area contributed by atoms with Crippen molar-refractivity contribution in [2.24, 2.45) is 0 Å². The van der Waals surface area contributed by atoms with E-state index >= 15 is 0 Å². The third-order valence-corrected chi connectivity index (χ3v) is 3.38. The zero-order chi connectivity index (χ0) is 11.1. The maximum atomic E-state index is 8.84. The SMILES string of the molecule is OCCN(CCO)Sc1ccc(Br)cc1. The van der Waals surface area contributed by atoms with Crippen molar-refractivity contribution in [2.45, 2.75) is 4.90 Å². The van der Waals surface area contributed by atoms with Crippen molar-refractivity contribution in [3.63, 3.8) is 0 Å². The van der Waals surface area contributed by atoms with E-state index in [1.165, 1.54) is 11.9 Å². The molecule has 1 rings (SSSR count). The van der Waals surface area contributed by atoms with Crippen LogP contribution in [0.2, 0.25) is 0 Å². The van der Waals surface area contributed by atoms with Gasteiger partial charge >= 0.3 is 0 Å². The molecule has 5 heteroatoms. The van der Waals surface area contributed by atoms with Gasteiger partial charge in [-0.1, -0.05) is 15.9 Å². The minimum Gasteiger partial charge on any atom is -0.395 e. The molecule has 0 aliphatic rings. The van der Waals surface area contributed by atoms with Crippen molar-refractivity contribution in [2.75, 3.05) is 26.3 Å². The molecule has 3 nitrogen and oxygen atoms in total. The van der Waals surface area contributed by atoms with Gasteiger partial charge in [-0.15, -0.1) is 0 Å². The lowest BCUT2D eigenvalue weighted by Gasteiger charge is -2.18. The quantitative estimate of drug-likeness (QED) is 0.784. The summed E-state index contributed by atoms with van der Waals surface area (Å²) < 4.78 is 2.98. The van der Waals surface area contributed by atoms with Gasteiger partial charge in [0.25, 0.3) is 0 Å². The van der Waals surface area contributed by atoms with E-state index in [1.807, 2.05) is 28.6 Å². The van der Waals surface area contributed by atoms with E-state index in [-0.39, 0.29) is 13.2 Å². The Morgan fingerprint density at radius 3 is 2.07 bits per heavy atom. The van der Waals surface area contributed by atoms with Crippen molar-refractivity contribution in [1.82, 2.24) is 4.31 Å². The Hall–Kier alpha value is -0.0700. The van der Waals surface area contributed by atoms with Crippen molar-refractivity contribution in [3.05, 3.63) is 28.7 Å². The first kappa shape index (κ1) is 13.0. The fourth-order valence-corrected chi connectivity index (χ4v) is 2.24. The third kappa shape index (κ3) is 4.99. The predicted octanol–water partition coefficient (Wildman–Crippen LogP) is 1.74. The summed E-state index contributed by atoms with van der Waals surface area (Å²) in [6.45, 7) is 1.32. The Bertz CT molecular complexity index is 275. The van der Waals surface area contributed by atoms with Crippen LogP contribution < -0.4 is 0 Å². The fourth-order valence-electron chi connectivity index (χ4n) is 1.07. The third-order valence-electron chi connectivity index (χ3n) is 1.75. The highest BCUT2D eigenvalue weighted by Crippen LogP contribution is 2.23. The summed E-state index contributed by atoms with van der Waals surface area (Å²) in [7, 11) is 0. The van der Waals surface area contributed by atoms with E-state index in [9.17, 15) is 0 Å². The average molecular weight is 292 g/mol. The lowest BCUT2D eigenvalue weighted by Crippen LogP contribution is -2.22. The molecule has 15 heavy (non-hydrogen) atoms. The van der Waals surface area contributed by atoms with Crippen LogP contribution in [0, 0.1) is 0 Å². The van der Waals surface area contributed by atoms with Gasteiger partial charge in [0.15, 0.2) is 0 Å². The van der Waals surface area contributed by atoms with Crippen LogP contribution >= 0.6 is 27.9 Å². The Morgan fingerprint density at radius 2 is 1.60 bits per heavy atom. The summed E-state index contributed by atoms with van der Waals surface area (Å²) in [5.41, 5.74) is 0. The van der Waals surface area contributed by atoms with E-state index in [4.69, 9.17) is 10.2 Å². The molecule has 0 amide bonds. The number of aliphatic hydroxyl groups excluding tert-OH is 2. The molecular formula is C10H14BrNO2S. The first-order valence-electron chi connectivity index (χ1n) is 4.66. The van der Waals surface area contributed by atoms with Gasteiger partial charge in [0.2, 0.25) is 0 Å². The summed E-state index contributed by atoms with van der Waals surface area (Å²) in [6.07, 6.45) is 0. The van der Waals surface area contributed by atoms with Gasteiger partial charge in [0.05, 0.1) is 13.2 Å². The molecule has 0 spiro atoms. The zero-order valence-corrected chi connectivity index (χ0v) is 10.7. The number of benzene rings is 1. The van der Waals surface area contributed by atoms with Crippen molar-refractivity contribution in [3.8, 4) is 0 Å². The minimum atomic E-state index is 0.101. The average Bonchev–Trinajstić information content (AvgIpc) is 2.22. The van der Waals surface area contributed by atoms with E-state index in [1.54, 1.807) is 0 Å². The maximum Gasteiger partial charge on any atom is 0.0568 e. The minimum absolute atomic E-state index is 0.101. The van der Waals surface area contributed by atoms with Gasteiger partial charge in [-0.2, -0.15) is 0 Å². The second-order valence-corrected chi connectivity index (χ2v) is 5.01. The summed E-state index contributed by atoms with van der Waals surface area (Å²) in [4.78, 5) is 1.10. The summed E-state index contributed by atoms with van der Waals surface area (Å²) in [6, 6.07) is 7.93. The van der Waals surface area contributed by atoms with Crippen LogP contribution in [0.15, 0.2) is 33.6 Å². The van der Waals surface area contributed by atoms with Crippen LogP contribution in [0.4, 0.5) is 0 Å². The largest absolute Gasteiger partial charge is 0.395 e. The highest BCUT2D eigenvalue weighted by molar-refractivity contribution is 9.10. The molecule has 0 saturated heterocycles. The van der Waals surface area contributed by atoms with E-state index in [0.717, 1.165) is 9.37 Å². The van der Waals surface area contributed by atoms with Gasteiger partial charge in [-0.25, -0.2) is 4.31 Å². The maximum absolute atomic E-state index is 8.84. The summed E-state index contributed by atoms with van der Waals surface area (Å²) >= 11 is 4.91. The van der Waals surface area contributed by atoms with Crippen molar-refractivity contribution in [1.29, 1.82) is 0 Å². The van der Waals surface area contributed by atoms with Crippen molar-refractivity contribution < 1.29 is 10.2 Å². The van der Waals surface area contributed by atoms with Gasteiger partial charge in [0.1, 0.15) is 0 Å².